The van der Waals surface area contributed by atoms with Crippen molar-refractivity contribution < 1.29 is 4.74 Å². The fourth-order valence-corrected chi connectivity index (χ4v) is 3.95. The second-order valence-corrected chi connectivity index (χ2v) is 8.34. The maximum absolute atomic E-state index is 6.36. The first-order valence-corrected chi connectivity index (χ1v) is 11.1. The van der Waals surface area contributed by atoms with E-state index in [4.69, 9.17) is 16.3 Å². The lowest BCUT2D eigenvalue weighted by Crippen LogP contribution is -2.23. The van der Waals surface area contributed by atoms with E-state index in [1.807, 2.05) is 25.1 Å². The van der Waals surface area contributed by atoms with Crippen molar-refractivity contribution >= 4 is 23.2 Å². The van der Waals surface area contributed by atoms with E-state index in [0.717, 1.165) is 36.3 Å². The zero-order valence-electron chi connectivity index (χ0n) is 18.1. The molecule has 0 fully saturated rings. The molecule has 0 radical (unpaired) electrons. The molecule has 0 spiro atoms. The molecule has 0 unspecified atom stereocenters. The second kappa shape index (κ2) is 9.51. The highest BCUT2D eigenvalue weighted by Gasteiger charge is 2.12. The first-order valence-electron chi connectivity index (χ1n) is 10.7. The molecular formula is C23H23ClN8O. The van der Waals surface area contributed by atoms with Gasteiger partial charge in [0.25, 0.3) is 0 Å². The van der Waals surface area contributed by atoms with Crippen molar-refractivity contribution in [2.45, 2.75) is 32.5 Å². The van der Waals surface area contributed by atoms with Crippen LogP contribution in [0.4, 0.5) is 11.6 Å². The summed E-state index contributed by atoms with van der Waals surface area (Å²) in [5.41, 5.74) is 5.46. The van der Waals surface area contributed by atoms with Crippen molar-refractivity contribution in [3.05, 3.63) is 71.3 Å². The van der Waals surface area contributed by atoms with Gasteiger partial charge in [0.15, 0.2) is 0 Å². The van der Waals surface area contributed by atoms with Gasteiger partial charge in [0.2, 0.25) is 5.95 Å². The number of anilines is 2. The number of aromatic nitrogens is 6. The SMILES string of the molecule is C[C@@H](Cn1cnnn1)Oc1cc(-c2cnc(Nc3ccc4c(c3)CNCC4)nc2)ccc1Cl. The summed E-state index contributed by atoms with van der Waals surface area (Å²) in [5, 5.41) is 18.3. The van der Waals surface area contributed by atoms with E-state index in [1.54, 1.807) is 23.4 Å². The zero-order valence-corrected chi connectivity index (χ0v) is 18.8. The molecule has 4 aromatic rings. The molecule has 10 heteroatoms. The van der Waals surface area contributed by atoms with Gasteiger partial charge in [0.05, 0.1) is 11.6 Å². The average molecular weight is 463 g/mol. The minimum Gasteiger partial charge on any atom is -0.487 e. The molecule has 168 valence electrons. The Morgan fingerprint density at radius 2 is 2.00 bits per heavy atom. The van der Waals surface area contributed by atoms with E-state index >= 15 is 0 Å². The Bertz CT molecular complexity index is 1230. The monoisotopic (exact) mass is 462 g/mol. The summed E-state index contributed by atoms with van der Waals surface area (Å²) in [7, 11) is 0. The van der Waals surface area contributed by atoms with Gasteiger partial charge < -0.3 is 15.4 Å². The Kier molecular flexibility index (Phi) is 6.14. The van der Waals surface area contributed by atoms with E-state index < -0.39 is 0 Å². The lowest BCUT2D eigenvalue weighted by Gasteiger charge is -2.18. The van der Waals surface area contributed by atoms with Gasteiger partial charge in [-0.2, -0.15) is 0 Å². The smallest absolute Gasteiger partial charge is 0.227 e. The Balaban J connectivity index is 1.28. The van der Waals surface area contributed by atoms with Gasteiger partial charge in [0, 0.05) is 30.2 Å². The molecule has 0 amide bonds. The molecule has 0 bridgehead atoms. The van der Waals surface area contributed by atoms with Gasteiger partial charge >= 0.3 is 0 Å². The largest absolute Gasteiger partial charge is 0.487 e. The third-order valence-electron chi connectivity index (χ3n) is 5.43. The van der Waals surface area contributed by atoms with Crippen LogP contribution in [0.15, 0.2) is 55.1 Å². The standard InChI is InChI=1S/C23H23ClN8O/c1-15(13-32-14-28-30-31-32)33-22-9-17(3-5-21(22)24)19-11-26-23(27-12-19)29-20-4-2-16-6-7-25-10-18(16)8-20/h2-5,8-9,11-12,14-15,25H,6-7,10,13H2,1H3,(H,26,27,29)/t15-/m0/s1. The number of benzene rings is 2. The minimum atomic E-state index is -0.170. The zero-order chi connectivity index (χ0) is 22.6. The van der Waals surface area contributed by atoms with Gasteiger partial charge in [-0.3, -0.25) is 0 Å². The average Bonchev–Trinajstić information content (AvgIpc) is 3.34. The first-order chi connectivity index (χ1) is 16.1. The topological polar surface area (TPSA) is 103 Å². The number of hydrogen-bond acceptors (Lipinski definition) is 8. The van der Waals surface area contributed by atoms with Crippen molar-refractivity contribution in [1.29, 1.82) is 0 Å². The summed E-state index contributed by atoms with van der Waals surface area (Å²) in [6, 6.07) is 12.0. The third-order valence-corrected chi connectivity index (χ3v) is 5.74. The van der Waals surface area contributed by atoms with E-state index in [1.165, 1.54) is 11.1 Å². The predicted octanol–water partition coefficient (Wildman–Crippen LogP) is 3.64. The van der Waals surface area contributed by atoms with Gasteiger partial charge in [-0.05, 0) is 71.3 Å². The Hall–Kier alpha value is -3.56. The fraction of sp³-hybridized carbons (Fsp3) is 0.261. The lowest BCUT2D eigenvalue weighted by atomic mass is 10.0. The molecular weight excluding hydrogens is 440 g/mol. The van der Waals surface area contributed by atoms with Crippen molar-refractivity contribution in [1.82, 2.24) is 35.5 Å². The number of hydrogen-bond donors (Lipinski definition) is 2. The van der Waals surface area contributed by atoms with Crippen molar-refractivity contribution in [2.75, 3.05) is 11.9 Å². The van der Waals surface area contributed by atoms with Gasteiger partial charge in [-0.15, -0.1) is 5.10 Å². The number of tetrazole rings is 1. The summed E-state index contributed by atoms with van der Waals surface area (Å²) in [6.07, 6.45) is 6.01. The molecule has 2 aromatic carbocycles. The molecule has 1 aliphatic rings. The first kappa shape index (κ1) is 21.3. The molecule has 5 rings (SSSR count). The minimum absolute atomic E-state index is 0.170. The predicted molar refractivity (Wildman–Crippen MR) is 126 cm³/mol. The van der Waals surface area contributed by atoms with Crippen molar-refractivity contribution in [3.8, 4) is 16.9 Å². The molecule has 2 aromatic heterocycles. The van der Waals surface area contributed by atoms with Gasteiger partial charge in [-0.1, -0.05) is 23.7 Å². The maximum atomic E-state index is 6.36. The maximum Gasteiger partial charge on any atom is 0.227 e. The summed E-state index contributed by atoms with van der Waals surface area (Å²) in [4.78, 5) is 8.98. The molecule has 33 heavy (non-hydrogen) atoms. The number of halogens is 1. The fourth-order valence-electron chi connectivity index (χ4n) is 3.78. The van der Waals surface area contributed by atoms with E-state index in [-0.39, 0.29) is 6.10 Å². The van der Waals surface area contributed by atoms with Crippen LogP contribution in [-0.2, 0) is 19.5 Å². The van der Waals surface area contributed by atoms with Crippen molar-refractivity contribution in [2.24, 2.45) is 0 Å². The second-order valence-electron chi connectivity index (χ2n) is 7.94. The number of ether oxygens (including phenoxy) is 1. The van der Waals surface area contributed by atoms with Crippen LogP contribution in [0.5, 0.6) is 5.75 Å². The number of rotatable bonds is 7. The molecule has 0 saturated heterocycles. The van der Waals surface area contributed by atoms with E-state index in [9.17, 15) is 0 Å². The van der Waals surface area contributed by atoms with E-state index in [2.05, 4.69) is 54.3 Å². The van der Waals surface area contributed by atoms with Gasteiger partial charge in [-0.25, -0.2) is 14.6 Å². The highest BCUT2D eigenvalue weighted by Crippen LogP contribution is 2.31. The number of nitrogens with one attached hydrogen (secondary N) is 2. The molecule has 1 atom stereocenters. The van der Waals surface area contributed by atoms with Crippen LogP contribution in [-0.4, -0.2) is 42.8 Å². The molecule has 0 saturated carbocycles. The highest BCUT2D eigenvalue weighted by atomic mass is 35.5. The molecule has 2 N–H and O–H groups in total. The van der Waals surface area contributed by atoms with E-state index in [0.29, 0.717) is 23.3 Å². The van der Waals surface area contributed by atoms with Crippen LogP contribution >= 0.6 is 11.6 Å². The van der Waals surface area contributed by atoms with Crippen LogP contribution < -0.4 is 15.4 Å². The number of fused-ring (bicyclic) bond motifs is 1. The normalized spacial score (nSPS) is 13.9. The Morgan fingerprint density at radius 1 is 1.12 bits per heavy atom. The lowest BCUT2D eigenvalue weighted by molar-refractivity contribution is 0.193. The molecule has 9 nitrogen and oxygen atoms in total. The summed E-state index contributed by atoms with van der Waals surface area (Å²) in [6.45, 7) is 4.36. The molecule has 0 aliphatic carbocycles. The van der Waals surface area contributed by atoms with Crippen LogP contribution in [0.25, 0.3) is 11.1 Å². The molecule has 3 heterocycles. The number of nitrogens with zero attached hydrogens (tertiary/aromatic N) is 6. The molecule has 1 aliphatic heterocycles. The van der Waals surface area contributed by atoms with Crippen LogP contribution in [0.2, 0.25) is 5.02 Å². The van der Waals surface area contributed by atoms with Crippen molar-refractivity contribution in [3.63, 3.8) is 0 Å². The van der Waals surface area contributed by atoms with Crippen LogP contribution in [0.1, 0.15) is 18.1 Å². The summed E-state index contributed by atoms with van der Waals surface area (Å²) < 4.78 is 7.63. The van der Waals surface area contributed by atoms with Crippen LogP contribution in [0, 0.1) is 0 Å². The van der Waals surface area contributed by atoms with Gasteiger partial charge in [0.1, 0.15) is 18.2 Å². The highest BCUT2D eigenvalue weighted by molar-refractivity contribution is 6.32. The summed E-state index contributed by atoms with van der Waals surface area (Å²) >= 11 is 6.36. The summed E-state index contributed by atoms with van der Waals surface area (Å²) in [5.74, 6) is 1.13. The Labute approximate surface area is 196 Å². The quantitative estimate of drug-likeness (QED) is 0.429. The van der Waals surface area contributed by atoms with Crippen LogP contribution in [0.3, 0.4) is 0 Å². The third kappa shape index (κ3) is 5.10. The Morgan fingerprint density at radius 3 is 2.82 bits per heavy atom.